The monoisotopic (exact) mass is 248 g/mol. The van der Waals surface area contributed by atoms with Crippen LogP contribution in [0.1, 0.15) is 20.3 Å². The number of hydrogen-bond donors (Lipinski definition) is 1. The smallest absolute Gasteiger partial charge is 0.0908 e. The number of anilines is 1. The number of hydrogen-bond acceptors (Lipinski definition) is 2. The molecular weight excluding hydrogens is 232 g/mol. The zero-order valence-electron chi connectivity index (χ0n) is 10.2. The molecule has 90 valence electrons. The number of benzene rings is 1. The van der Waals surface area contributed by atoms with Gasteiger partial charge in [-0.05, 0) is 36.6 Å². The summed E-state index contributed by atoms with van der Waals surface area (Å²) in [5.41, 5.74) is 1.97. The number of rotatable bonds is 4. The molecule has 0 saturated carbocycles. The van der Waals surface area contributed by atoms with E-state index in [1.807, 2.05) is 24.3 Å². The number of nitrogens with one attached hydrogen (secondary N) is 1. The summed E-state index contributed by atoms with van der Waals surface area (Å²) in [6.45, 7) is 5.43. The van der Waals surface area contributed by atoms with E-state index in [4.69, 9.17) is 11.6 Å². The number of aromatic nitrogens is 1. The summed E-state index contributed by atoms with van der Waals surface area (Å²) >= 11 is 6.12. The minimum atomic E-state index is 0.704. The summed E-state index contributed by atoms with van der Waals surface area (Å²) in [6, 6.07) is 7.90. The Kier molecular flexibility index (Phi) is 3.85. The second-order valence-corrected chi connectivity index (χ2v) is 5.01. The highest BCUT2D eigenvalue weighted by Gasteiger charge is 2.04. The van der Waals surface area contributed by atoms with Crippen molar-refractivity contribution in [3.63, 3.8) is 0 Å². The van der Waals surface area contributed by atoms with Gasteiger partial charge in [-0.3, -0.25) is 4.98 Å². The predicted molar refractivity (Wildman–Crippen MR) is 74.7 cm³/mol. The van der Waals surface area contributed by atoms with Gasteiger partial charge in [-0.15, -0.1) is 0 Å². The fraction of sp³-hybridized carbons (Fsp3) is 0.357. The Hall–Kier alpha value is -1.28. The van der Waals surface area contributed by atoms with Crippen LogP contribution in [0, 0.1) is 5.92 Å². The molecule has 1 N–H and O–H groups in total. The van der Waals surface area contributed by atoms with Gasteiger partial charge in [0, 0.05) is 23.8 Å². The van der Waals surface area contributed by atoms with E-state index in [0.717, 1.165) is 29.6 Å². The zero-order chi connectivity index (χ0) is 12.3. The van der Waals surface area contributed by atoms with Crippen LogP contribution in [-0.2, 0) is 0 Å². The molecular formula is C14H17ClN2. The highest BCUT2D eigenvalue weighted by Crippen LogP contribution is 2.27. The van der Waals surface area contributed by atoms with Gasteiger partial charge in [-0.25, -0.2) is 0 Å². The molecule has 0 aliphatic rings. The fourth-order valence-electron chi connectivity index (χ4n) is 1.79. The lowest BCUT2D eigenvalue weighted by Gasteiger charge is -2.11. The summed E-state index contributed by atoms with van der Waals surface area (Å²) in [7, 11) is 0. The van der Waals surface area contributed by atoms with Crippen LogP contribution in [0.5, 0.6) is 0 Å². The van der Waals surface area contributed by atoms with E-state index in [-0.39, 0.29) is 0 Å². The predicted octanol–water partition coefficient (Wildman–Crippen LogP) is 4.35. The van der Waals surface area contributed by atoms with E-state index in [9.17, 15) is 0 Å². The van der Waals surface area contributed by atoms with Crippen molar-refractivity contribution in [2.75, 3.05) is 11.9 Å². The molecule has 0 spiro atoms. The Bertz CT molecular complexity index is 509. The quantitative estimate of drug-likeness (QED) is 0.870. The maximum absolute atomic E-state index is 6.12. The molecule has 3 heteroatoms. The molecule has 2 nitrogen and oxygen atoms in total. The molecule has 0 aliphatic heterocycles. The summed E-state index contributed by atoms with van der Waals surface area (Å²) in [5, 5.41) is 5.24. The maximum atomic E-state index is 6.12. The van der Waals surface area contributed by atoms with Crippen molar-refractivity contribution in [1.29, 1.82) is 0 Å². The Morgan fingerprint density at radius 2 is 2.12 bits per heavy atom. The molecule has 1 aromatic carbocycles. The van der Waals surface area contributed by atoms with Gasteiger partial charge >= 0.3 is 0 Å². The van der Waals surface area contributed by atoms with Gasteiger partial charge in [-0.1, -0.05) is 25.4 Å². The molecule has 0 amide bonds. The molecule has 0 radical (unpaired) electrons. The second kappa shape index (κ2) is 5.37. The first-order valence-corrected chi connectivity index (χ1v) is 6.33. The third-order valence-electron chi connectivity index (χ3n) is 2.76. The van der Waals surface area contributed by atoms with Gasteiger partial charge in [-0.2, -0.15) is 0 Å². The molecule has 2 aromatic rings. The Morgan fingerprint density at radius 3 is 2.88 bits per heavy atom. The average Bonchev–Trinajstić information content (AvgIpc) is 2.32. The first kappa shape index (κ1) is 12.2. The lowest BCUT2D eigenvalue weighted by atomic mass is 10.1. The summed E-state index contributed by atoms with van der Waals surface area (Å²) < 4.78 is 0. The van der Waals surface area contributed by atoms with E-state index in [0.29, 0.717) is 10.9 Å². The molecule has 2 rings (SSSR count). The van der Waals surface area contributed by atoms with E-state index >= 15 is 0 Å². The van der Waals surface area contributed by atoms with Crippen LogP contribution < -0.4 is 5.32 Å². The lowest BCUT2D eigenvalue weighted by Crippen LogP contribution is -2.05. The Labute approximate surface area is 107 Å². The van der Waals surface area contributed by atoms with Crippen molar-refractivity contribution >= 4 is 28.2 Å². The van der Waals surface area contributed by atoms with Gasteiger partial charge in [0.25, 0.3) is 0 Å². The Morgan fingerprint density at radius 1 is 1.29 bits per heavy atom. The molecule has 1 aromatic heterocycles. The summed E-state index contributed by atoms with van der Waals surface area (Å²) in [5.74, 6) is 0.708. The van der Waals surface area contributed by atoms with Crippen LogP contribution in [0.2, 0.25) is 5.02 Å². The van der Waals surface area contributed by atoms with Crippen LogP contribution in [0.4, 0.5) is 5.69 Å². The molecule has 0 fully saturated rings. The third-order valence-corrected chi connectivity index (χ3v) is 3.06. The van der Waals surface area contributed by atoms with E-state index in [1.54, 1.807) is 6.20 Å². The molecule has 1 heterocycles. The van der Waals surface area contributed by atoms with Gasteiger partial charge in [0.05, 0.1) is 10.5 Å². The van der Waals surface area contributed by atoms with Crippen molar-refractivity contribution < 1.29 is 0 Å². The van der Waals surface area contributed by atoms with Crippen LogP contribution in [-0.4, -0.2) is 11.5 Å². The van der Waals surface area contributed by atoms with E-state index in [1.165, 1.54) is 0 Å². The highest BCUT2D eigenvalue weighted by atomic mass is 35.5. The topological polar surface area (TPSA) is 24.9 Å². The van der Waals surface area contributed by atoms with Crippen LogP contribution in [0.25, 0.3) is 10.9 Å². The van der Waals surface area contributed by atoms with Crippen molar-refractivity contribution in [2.24, 2.45) is 5.92 Å². The normalized spacial score (nSPS) is 11.1. The standard InChI is InChI=1S/C14H17ClN2/c1-10(2)7-9-16-13-6-5-12(15)14-11(13)4-3-8-17-14/h3-6,8,10,16H,7,9H2,1-2H3. The average molecular weight is 249 g/mol. The highest BCUT2D eigenvalue weighted by molar-refractivity contribution is 6.35. The first-order valence-electron chi connectivity index (χ1n) is 5.95. The maximum Gasteiger partial charge on any atom is 0.0908 e. The largest absolute Gasteiger partial charge is 0.384 e. The van der Waals surface area contributed by atoms with E-state index < -0.39 is 0 Å². The van der Waals surface area contributed by atoms with Crippen LogP contribution in [0.15, 0.2) is 30.5 Å². The van der Waals surface area contributed by atoms with Crippen molar-refractivity contribution in [1.82, 2.24) is 4.98 Å². The molecule has 0 atom stereocenters. The number of nitrogens with zero attached hydrogens (tertiary/aromatic N) is 1. The zero-order valence-corrected chi connectivity index (χ0v) is 11.0. The number of pyridine rings is 1. The van der Waals surface area contributed by atoms with Gasteiger partial charge < -0.3 is 5.32 Å². The molecule has 0 unspecified atom stereocenters. The van der Waals surface area contributed by atoms with E-state index in [2.05, 4.69) is 24.1 Å². The minimum absolute atomic E-state index is 0.704. The Balaban J connectivity index is 2.26. The second-order valence-electron chi connectivity index (χ2n) is 4.60. The minimum Gasteiger partial charge on any atom is -0.384 e. The fourth-order valence-corrected chi connectivity index (χ4v) is 2.00. The van der Waals surface area contributed by atoms with Gasteiger partial charge in [0.2, 0.25) is 0 Å². The van der Waals surface area contributed by atoms with Gasteiger partial charge in [0.15, 0.2) is 0 Å². The number of halogens is 1. The van der Waals surface area contributed by atoms with Crippen molar-refractivity contribution in [2.45, 2.75) is 20.3 Å². The summed E-state index contributed by atoms with van der Waals surface area (Å²) in [4.78, 5) is 4.31. The lowest BCUT2D eigenvalue weighted by molar-refractivity contribution is 0.607. The summed E-state index contributed by atoms with van der Waals surface area (Å²) in [6.07, 6.45) is 2.93. The SMILES string of the molecule is CC(C)CCNc1ccc(Cl)c2ncccc12. The molecule has 0 saturated heterocycles. The first-order chi connectivity index (χ1) is 8.18. The molecule has 17 heavy (non-hydrogen) atoms. The molecule has 0 aliphatic carbocycles. The molecule has 0 bridgehead atoms. The van der Waals surface area contributed by atoms with Crippen LogP contribution in [0.3, 0.4) is 0 Å². The third kappa shape index (κ3) is 2.89. The van der Waals surface area contributed by atoms with Crippen molar-refractivity contribution in [3.8, 4) is 0 Å². The number of fused-ring (bicyclic) bond motifs is 1. The van der Waals surface area contributed by atoms with Crippen molar-refractivity contribution in [3.05, 3.63) is 35.5 Å². The van der Waals surface area contributed by atoms with Gasteiger partial charge in [0.1, 0.15) is 0 Å². The van der Waals surface area contributed by atoms with Crippen LogP contribution >= 0.6 is 11.6 Å².